The zero-order valence-corrected chi connectivity index (χ0v) is 35.8. The van der Waals surface area contributed by atoms with Gasteiger partial charge in [0.1, 0.15) is 21.4 Å². The number of aliphatic hydroxyl groups excluding tert-OH is 4. The fraction of sp³-hybridized carbons (Fsp3) is 0.238. The number of hydrogen-bond acceptors (Lipinski definition) is 18. The van der Waals surface area contributed by atoms with Gasteiger partial charge in [0.15, 0.2) is 0 Å². The lowest BCUT2D eigenvalue weighted by atomic mass is 10.1. The Morgan fingerprint density at radius 2 is 0.938 bits per heavy atom. The lowest BCUT2D eigenvalue weighted by molar-refractivity contribution is 0.279. The Labute approximate surface area is 369 Å². The van der Waals surface area contributed by atoms with Crippen LogP contribution in [0.5, 0.6) is 0 Å². The number of anilines is 6. The van der Waals surface area contributed by atoms with Crippen LogP contribution in [0.1, 0.15) is 33.9 Å². The molecule has 0 saturated carbocycles. The first kappa shape index (κ1) is 47.0. The summed E-state index contributed by atoms with van der Waals surface area (Å²) in [5, 5.41) is 44.5. The van der Waals surface area contributed by atoms with Crippen molar-refractivity contribution in [2.75, 3.05) is 73.0 Å². The van der Waals surface area contributed by atoms with Crippen molar-refractivity contribution in [1.82, 2.24) is 29.9 Å². The Bertz CT molecular complexity index is 2570. The number of aromatic nitrogens is 6. The number of para-hydroxylation sites is 1. The Kier molecular flexibility index (Phi) is 16.0. The monoisotopic (exact) mass is 914 g/mol. The van der Waals surface area contributed by atoms with Gasteiger partial charge in [0.25, 0.3) is 20.2 Å². The zero-order valence-electron chi connectivity index (χ0n) is 34.2. The minimum atomic E-state index is -4.90. The van der Waals surface area contributed by atoms with Crippen LogP contribution in [0, 0.1) is 0 Å². The van der Waals surface area contributed by atoms with Crippen LogP contribution in [0.4, 0.5) is 35.2 Å². The fourth-order valence-corrected chi connectivity index (χ4v) is 7.87. The molecule has 2 aromatic heterocycles. The van der Waals surface area contributed by atoms with Gasteiger partial charge in [0.05, 0.1) is 26.4 Å². The van der Waals surface area contributed by atoms with Crippen LogP contribution in [-0.4, -0.2) is 129 Å². The van der Waals surface area contributed by atoms with Crippen LogP contribution >= 0.6 is 0 Å². The summed E-state index contributed by atoms with van der Waals surface area (Å²) in [6.45, 7) is -0.581. The van der Waals surface area contributed by atoms with Gasteiger partial charge in [-0.2, -0.15) is 41.8 Å². The third-order valence-corrected chi connectivity index (χ3v) is 11.1. The molecule has 0 atom stereocenters. The van der Waals surface area contributed by atoms with Crippen LogP contribution in [0.2, 0.25) is 0 Å². The van der Waals surface area contributed by atoms with E-state index in [1.807, 2.05) is 36.4 Å². The van der Waals surface area contributed by atoms with Crippen LogP contribution in [0.15, 0.2) is 107 Å². The minimum Gasteiger partial charge on any atom is -0.395 e. The van der Waals surface area contributed by atoms with Gasteiger partial charge in [-0.1, -0.05) is 78.9 Å². The van der Waals surface area contributed by atoms with Gasteiger partial charge in [-0.15, -0.1) is 0 Å². The molecule has 0 bridgehead atoms. The highest BCUT2D eigenvalue weighted by Crippen LogP contribution is 2.28. The third kappa shape index (κ3) is 13.0. The highest BCUT2D eigenvalue weighted by molar-refractivity contribution is 7.86. The van der Waals surface area contributed by atoms with Crippen LogP contribution in [0.25, 0.3) is 12.2 Å². The Hall–Kier alpha value is -6.50. The summed E-state index contributed by atoms with van der Waals surface area (Å²) in [5.41, 5.74) is 2.01. The van der Waals surface area contributed by atoms with Crippen molar-refractivity contribution in [2.24, 2.45) is 0 Å². The van der Waals surface area contributed by atoms with E-state index in [9.17, 15) is 46.4 Å². The molecule has 336 valence electrons. The SMILES string of the molecule is O=S(=O)(O)c1cc(Cc2nc(Cc3ccccc3)nc(N(CCO)CCO)n2)ccc1/C=C/c1ccc(Nc2nc(Nc3ccccc3)nc(N(CCO)CCO)n2)cc1S(=O)(=O)O. The molecule has 0 saturated heterocycles. The highest BCUT2D eigenvalue weighted by Gasteiger charge is 2.21. The number of aliphatic hydroxyl groups is 4. The fourth-order valence-electron chi connectivity index (χ4n) is 6.42. The molecule has 0 unspecified atom stereocenters. The molecule has 0 aliphatic carbocycles. The van der Waals surface area contributed by atoms with E-state index >= 15 is 0 Å². The average Bonchev–Trinajstić information content (AvgIpc) is 3.26. The number of nitrogens with one attached hydrogen (secondary N) is 2. The molecule has 2 heterocycles. The largest absolute Gasteiger partial charge is 0.395 e. The van der Waals surface area contributed by atoms with Gasteiger partial charge < -0.3 is 40.9 Å². The molecular formula is C42H46N10O10S2. The standard InChI is InChI=1S/C42H46N10O10S2/c53-21-17-51(18-22-54)41-46-37(26-29-7-3-1-4-8-29)45-38(47-41)27-30-11-12-31(35(25-30)63(57,58)59)13-14-32-15-16-34(28-36(32)64(60,61)62)44-40-48-39(43-33-9-5-2-6-10-33)49-42(50-40)52(19-23-55)20-24-56/h1-16,25,28,53-56H,17-24,26-27H2,(H,57,58,59)(H,60,61,62)(H2,43,44,48,49,50)/b14-13+. The van der Waals surface area contributed by atoms with E-state index in [4.69, 9.17) is 0 Å². The maximum absolute atomic E-state index is 12.8. The van der Waals surface area contributed by atoms with Crippen molar-refractivity contribution in [2.45, 2.75) is 22.6 Å². The number of hydrogen-bond donors (Lipinski definition) is 8. The number of rotatable bonds is 22. The van der Waals surface area contributed by atoms with E-state index in [1.54, 1.807) is 35.2 Å². The molecule has 0 radical (unpaired) electrons. The van der Waals surface area contributed by atoms with Gasteiger partial charge in [0.2, 0.25) is 23.8 Å². The molecule has 8 N–H and O–H groups in total. The summed E-state index contributed by atoms with van der Waals surface area (Å²) >= 11 is 0. The normalized spacial score (nSPS) is 11.8. The second-order valence-corrected chi connectivity index (χ2v) is 16.8. The summed E-state index contributed by atoms with van der Waals surface area (Å²) in [4.78, 5) is 29.0. The summed E-state index contributed by atoms with van der Waals surface area (Å²) in [6.07, 6.45) is 2.84. The van der Waals surface area contributed by atoms with Gasteiger partial charge >= 0.3 is 0 Å². The van der Waals surface area contributed by atoms with Crippen LogP contribution in [0.3, 0.4) is 0 Å². The quantitative estimate of drug-likeness (QED) is 0.0359. The summed E-state index contributed by atoms with van der Waals surface area (Å²) in [6, 6.07) is 26.6. The summed E-state index contributed by atoms with van der Waals surface area (Å²) in [7, 11) is -9.76. The van der Waals surface area contributed by atoms with E-state index < -0.39 is 30.0 Å². The molecule has 6 rings (SSSR count). The van der Waals surface area contributed by atoms with Crippen molar-refractivity contribution in [3.63, 3.8) is 0 Å². The molecule has 22 heteroatoms. The first-order chi connectivity index (χ1) is 30.8. The molecule has 0 fully saturated rings. The minimum absolute atomic E-state index is 0.00925. The second-order valence-electron chi connectivity index (χ2n) is 14.0. The second kappa shape index (κ2) is 21.7. The molecule has 0 aliphatic heterocycles. The molecular weight excluding hydrogens is 869 g/mol. The number of nitrogens with zero attached hydrogens (tertiary/aromatic N) is 8. The number of benzene rings is 4. The van der Waals surface area contributed by atoms with Crippen LogP contribution < -0.4 is 20.4 Å². The zero-order chi connectivity index (χ0) is 45.7. The predicted molar refractivity (Wildman–Crippen MR) is 239 cm³/mol. The molecule has 0 amide bonds. The van der Waals surface area contributed by atoms with Gasteiger partial charge in [0, 0.05) is 50.4 Å². The van der Waals surface area contributed by atoms with Gasteiger partial charge in [-0.05, 0) is 52.6 Å². The molecule has 6 aromatic rings. The lowest BCUT2D eigenvalue weighted by Gasteiger charge is -2.21. The van der Waals surface area contributed by atoms with Crippen molar-refractivity contribution in [1.29, 1.82) is 0 Å². The maximum atomic E-state index is 12.8. The Balaban J connectivity index is 1.31. The van der Waals surface area contributed by atoms with Gasteiger partial charge in [-0.3, -0.25) is 9.11 Å². The van der Waals surface area contributed by atoms with E-state index in [1.165, 1.54) is 41.3 Å². The topological polar surface area (TPSA) is 298 Å². The summed E-state index contributed by atoms with van der Waals surface area (Å²) < 4.78 is 71.6. The van der Waals surface area contributed by atoms with E-state index in [0.717, 1.165) is 11.6 Å². The molecule has 0 spiro atoms. The maximum Gasteiger partial charge on any atom is 0.295 e. The van der Waals surface area contributed by atoms with E-state index in [0.29, 0.717) is 23.5 Å². The van der Waals surface area contributed by atoms with Crippen molar-refractivity contribution in [3.05, 3.63) is 131 Å². The average molecular weight is 915 g/mol. The van der Waals surface area contributed by atoms with E-state index in [-0.39, 0.29) is 105 Å². The Morgan fingerprint density at radius 3 is 1.45 bits per heavy atom. The molecule has 64 heavy (non-hydrogen) atoms. The molecule has 20 nitrogen and oxygen atoms in total. The third-order valence-electron chi connectivity index (χ3n) is 9.33. The van der Waals surface area contributed by atoms with Crippen molar-refractivity contribution >= 4 is 67.6 Å². The van der Waals surface area contributed by atoms with Crippen molar-refractivity contribution in [3.8, 4) is 0 Å². The first-order valence-corrected chi connectivity index (χ1v) is 22.6. The molecule has 0 aliphatic rings. The smallest absolute Gasteiger partial charge is 0.295 e. The highest BCUT2D eigenvalue weighted by atomic mass is 32.2. The first-order valence-electron chi connectivity index (χ1n) is 19.7. The van der Waals surface area contributed by atoms with Crippen LogP contribution in [-0.2, 0) is 33.1 Å². The molecule has 4 aromatic carbocycles. The summed E-state index contributed by atoms with van der Waals surface area (Å²) in [5.74, 6) is 0.960. The Morgan fingerprint density at radius 1 is 0.484 bits per heavy atom. The lowest BCUT2D eigenvalue weighted by Crippen LogP contribution is -2.32. The van der Waals surface area contributed by atoms with Gasteiger partial charge in [-0.25, -0.2) is 4.98 Å². The van der Waals surface area contributed by atoms with Crippen molar-refractivity contribution < 1.29 is 46.4 Å². The van der Waals surface area contributed by atoms with E-state index in [2.05, 4.69) is 40.5 Å². The predicted octanol–water partition coefficient (Wildman–Crippen LogP) is 2.97.